The summed E-state index contributed by atoms with van der Waals surface area (Å²) in [4.78, 5) is 7.56. The Labute approximate surface area is 91.1 Å². The van der Waals surface area contributed by atoms with Gasteiger partial charge in [0.05, 0.1) is 6.20 Å². The maximum Gasteiger partial charge on any atom is 0.241 e. The van der Waals surface area contributed by atoms with E-state index in [-0.39, 0.29) is 11.6 Å². The van der Waals surface area contributed by atoms with Crippen LogP contribution in [0.1, 0.15) is 0 Å². The molecule has 0 aliphatic carbocycles. The summed E-state index contributed by atoms with van der Waals surface area (Å²) in [6, 6.07) is 6.58. The second kappa shape index (κ2) is 4.14. The zero-order valence-corrected chi connectivity index (χ0v) is 8.35. The predicted octanol–water partition coefficient (Wildman–Crippen LogP) is 2.63. The molecule has 0 aliphatic rings. The number of hydrogen-bond acceptors (Lipinski definition) is 4. The number of hydrogen-bond donors (Lipinski definition) is 1. The van der Waals surface area contributed by atoms with Crippen LogP contribution in [0.4, 0.5) is 0 Å². The smallest absolute Gasteiger partial charge is 0.241 e. The summed E-state index contributed by atoms with van der Waals surface area (Å²) >= 11 is 5.79. The van der Waals surface area contributed by atoms with E-state index < -0.39 is 0 Å². The van der Waals surface area contributed by atoms with Crippen molar-refractivity contribution in [3.05, 3.63) is 41.8 Å². The number of nitrogens with zero attached hydrogens (tertiary/aromatic N) is 2. The minimum Gasteiger partial charge on any atom is -0.504 e. The molecular weight excluding hydrogens is 216 g/mol. The van der Waals surface area contributed by atoms with Crippen molar-refractivity contribution in [1.29, 1.82) is 0 Å². The molecule has 76 valence electrons. The first kappa shape index (κ1) is 9.73. The van der Waals surface area contributed by atoms with Crippen LogP contribution in [0.15, 0.2) is 36.8 Å². The zero-order valence-electron chi connectivity index (χ0n) is 7.59. The number of benzene rings is 1. The van der Waals surface area contributed by atoms with Crippen LogP contribution in [0.3, 0.4) is 0 Å². The Morgan fingerprint density at radius 3 is 2.80 bits per heavy atom. The Hall–Kier alpha value is -1.81. The topological polar surface area (TPSA) is 55.2 Å². The van der Waals surface area contributed by atoms with Crippen LogP contribution in [0.5, 0.6) is 17.4 Å². The third kappa shape index (κ3) is 2.16. The van der Waals surface area contributed by atoms with Crippen LogP contribution >= 0.6 is 11.6 Å². The van der Waals surface area contributed by atoms with E-state index >= 15 is 0 Å². The Bertz CT molecular complexity index is 433. The highest BCUT2D eigenvalue weighted by molar-refractivity contribution is 6.31. The highest BCUT2D eigenvalue weighted by Crippen LogP contribution is 2.31. The lowest BCUT2D eigenvalue weighted by Gasteiger charge is -2.06. The fourth-order valence-electron chi connectivity index (χ4n) is 1.02. The highest BCUT2D eigenvalue weighted by atomic mass is 35.5. The Morgan fingerprint density at radius 1 is 1.27 bits per heavy atom. The number of halogens is 1. The van der Waals surface area contributed by atoms with Crippen molar-refractivity contribution in [3.8, 4) is 17.4 Å². The fraction of sp³-hybridized carbons (Fsp3) is 0. The van der Waals surface area contributed by atoms with Crippen LogP contribution in [0.25, 0.3) is 0 Å². The summed E-state index contributed by atoms with van der Waals surface area (Å²) in [7, 11) is 0. The first-order chi connectivity index (χ1) is 7.27. The zero-order chi connectivity index (χ0) is 10.7. The van der Waals surface area contributed by atoms with Gasteiger partial charge in [-0.05, 0) is 12.1 Å². The second-order valence-corrected chi connectivity index (χ2v) is 3.15. The van der Waals surface area contributed by atoms with E-state index in [9.17, 15) is 5.11 Å². The van der Waals surface area contributed by atoms with Gasteiger partial charge >= 0.3 is 0 Å². The van der Waals surface area contributed by atoms with Gasteiger partial charge in [0.15, 0.2) is 11.5 Å². The molecule has 1 aromatic heterocycles. The van der Waals surface area contributed by atoms with Crippen LogP contribution < -0.4 is 4.74 Å². The average molecular weight is 223 g/mol. The largest absolute Gasteiger partial charge is 0.504 e. The molecule has 2 aromatic rings. The molecule has 0 fully saturated rings. The molecule has 2 rings (SSSR count). The molecule has 0 saturated heterocycles. The highest BCUT2D eigenvalue weighted by Gasteiger charge is 2.06. The molecule has 0 atom stereocenters. The molecule has 0 amide bonds. The van der Waals surface area contributed by atoms with Crippen molar-refractivity contribution in [2.75, 3.05) is 0 Å². The van der Waals surface area contributed by atoms with Gasteiger partial charge in [0.25, 0.3) is 0 Å². The SMILES string of the molecule is Oc1ccccc1Oc1ncncc1Cl. The van der Waals surface area contributed by atoms with Gasteiger partial charge in [-0.25, -0.2) is 9.97 Å². The monoisotopic (exact) mass is 222 g/mol. The minimum atomic E-state index is 0.0344. The summed E-state index contributed by atoms with van der Waals surface area (Å²) in [5.41, 5.74) is 0. The van der Waals surface area contributed by atoms with Gasteiger partial charge in [-0.2, -0.15) is 0 Å². The third-order valence-electron chi connectivity index (χ3n) is 1.71. The normalized spacial score (nSPS) is 9.93. The van der Waals surface area contributed by atoms with Gasteiger partial charge < -0.3 is 9.84 Å². The molecule has 0 aliphatic heterocycles. The van der Waals surface area contributed by atoms with Crippen LogP contribution in [0, 0.1) is 0 Å². The molecule has 1 aromatic carbocycles. The lowest BCUT2D eigenvalue weighted by Crippen LogP contribution is -1.89. The molecular formula is C10H7ClN2O2. The van der Waals surface area contributed by atoms with Gasteiger partial charge in [0.2, 0.25) is 5.88 Å². The standard InChI is InChI=1S/C10H7ClN2O2/c11-7-5-12-6-13-10(7)15-9-4-2-1-3-8(9)14/h1-6,14H. The summed E-state index contributed by atoms with van der Waals surface area (Å²) in [6.07, 6.45) is 2.74. The van der Waals surface area contributed by atoms with E-state index in [0.717, 1.165) is 0 Å². The molecule has 0 unspecified atom stereocenters. The number of ether oxygens (including phenoxy) is 1. The van der Waals surface area contributed by atoms with Crippen molar-refractivity contribution in [3.63, 3.8) is 0 Å². The number of aromatic nitrogens is 2. The molecule has 1 heterocycles. The molecule has 1 N–H and O–H groups in total. The predicted molar refractivity (Wildman–Crippen MR) is 55.2 cm³/mol. The van der Waals surface area contributed by atoms with E-state index in [2.05, 4.69) is 9.97 Å². The van der Waals surface area contributed by atoms with Crippen molar-refractivity contribution in [2.45, 2.75) is 0 Å². The summed E-state index contributed by atoms with van der Waals surface area (Å²) < 4.78 is 5.31. The second-order valence-electron chi connectivity index (χ2n) is 2.75. The maximum atomic E-state index is 9.45. The van der Waals surface area contributed by atoms with Crippen molar-refractivity contribution >= 4 is 11.6 Å². The van der Waals surface area contributed by atoms with Gasteiger partial charge in [0, 0.05) is 0 Å². The Kier molecular flexibility index (Phi) is 2.69. The first-order valence-corrected chi connectivity index (χ1v) is 4.56. The number of phenols is 1. The molecule has 0 radical (unpaired) electrons. The van der Waals surface area contributed by atoms with E-state index in [0.29, 0.717) is 10.8 Å². The van der Waals surface area contributed by atoms with Gasteiger partial charge in [-0.1, -0.05) is 23.7 Å². The van der Waals surface area contributed by atoms with E-state index in [4.69, 9.17) is 16.3 Å². The Morgan fingerprint density at radius 2 is 2.07 bits per heavy atom. The number of aromatic hydroxyl groups is 1. The van der Waals surface area contributed by atoms with Gasteiger partial charge in [-0.15, -0.1) is 0 Å². The first-order valence-electron chi connectivity index (χ1n) is 4.19. The summed E-state index contributed by atoms with van der Waals surface area (Å²) in [5.74, 6) is 0.554. The Balaban J connectivity index is 2.30. The molecule has 5 heteroatoms. The van der Waals surface area contributed by atoms with Gasteiger partial charge in [-0.3, -0.25) is 0 Å². The molecule has 0 spiro atoms. The van der Waals surface area contributed by atoms with Crippen LogP contribution in [-0.4, -0.2) is 15.1 Å². The summed E-state index contributed by atoms with van der Waals surface area (Å²) in [5, 5.41) is 9.74. The maximum absolute atomic E-state index is 9.45. The van der Waals surface area contributed by atoms with E-state index in [1.165, 1.54) is 18.6 Å². The number of phenolic OH excluding ortho intramolecular Hbond substituents is 1. The fourth-order valence-corrected chi connectivity index (χ4v) is 1.17. The van der Waals surface area contributed by atoms with E-state index in [1.54, 1.807) is 18.2 Å². The molecule has 15 heavy (non-hydrogen) atoms. The number of rotatable bonds is 2. The lowest BCUT2D eigenvalue weighted by molar-refractivity contribution is 0.402. The van der Waals surface area contributed by atoms with Crippen LogP contribution in [-0.2, 0) is 0 Å². The average Bonchev–Trinajstić information content (AvgIpc) is 2.24. The lowest BCUT2D eigenvalue weighted by atomic mass is 10.3. The minimum absolute atomic E-state index is 0.0344. The van der Waals surface area contributed by atoms with Crippen LogP contribution in [0.2, 0.25) is 5.02 Å². The molecule has 4 nitrogen and oxygen atoms in total. The van der Waals surface area contributed by atoms with E-state index in [1.807, 2.05) is 0 Å². The quantitative estimate of drug-likeness (QED) is 0.849. The summed E-state index contributed by atoms with van der Waals surface area (Å²) in [6.45, 7) is 0. The molecule has 0 bridgehead atoms. The van der Waals surface area contributed by atoms with Crippen molar-refractivity contribution in [2.24, 2.45) is 0 Å². The third-order valence-corrected chi connectivity index (χ3v) is 1.96. The molecule has 0 saturated carbocycles. The van der Waals surface area contributed by atoms with Crippen molar-refractivity contribution in [1.82, 2.24) is 9.97 Å². The van der Waals surface area contributed by atoms with Gasteiger partial charge in [0.1, 0.15) is 11.3 Å². The number of para-hydroxylation sites is 2. The van der Waals surface area contributed by atoms with Crippen molar-refractivity contribution < 1.29 is 9.84 Å².